The Bertz CT molecular complexity index is 396. The van der Waals surface area contributed by atoms with Crippen LogP contribution in [0.4, 0.5) is 0 Å². The second-order valence-electron chi connectivity index (χ2n) is 4.24. The van der Waals surface area contributed by atoms with Crippen molar-refractivity contribution in [2.45, 2.75) is 39.7 Å². The number of ketones is 1. The van der Waals surface area contributed by atoms with Crippen LogP contribution in [0.3, 0.4) is 0 Å². The lowest BCUT2D eigenvalue weighted by molar-refractivity contribution is 0.0461. The number of hydrogen-bond acceptors (Lipinski definition) is 4. The maximum atomic E-state index is 11.4. The van der Waals surface area contributed by atoms with Gasteiger partial charge in [0.15, 0.2) is 5.78 Å². The van der Waals surface area contributed by atoms with Gasteiger partial charge in [0.05, 0.1) is 10.6 Å². The molecule has 0 aromatic carbocycles. The monoisotopic (exact) mass is 239 g/mol. The second-order valence-corrected chi connectivity index (χ2v) is 5.27. The molecule has 0 amide bonds. The van der Waals surface area contributed by atoms with Gasteiger partial charge in [-0.25, -0.2) is 4.98 Å². The number of rotatable bonds is 5. The SMILES string of the molecule is CCOC(c1nc(C)c(C(C)=O)s1)C1CC1. The summed E-state index contributed by atoms with van der Waals surface area (Å²) in [6, 6.07) is 0. The van der Waals surface area contributed by atoms with Crippen molar-refractivity contribution in [2.75, 3.05) is 6.61 Å². The highest BCUT2D eigenvalue weighted by Gasteiger charge is 2.35. The minimum atomic E-state index is 0.104. The first-order chi connectivity index (χ1) is 7.63. The van der Waals surface area contributed by atoms with Gasteiger partial charge in [0.1, 0.15) is 11.1 Å². The van der Waals surface area contributed by atoms with Gasteiger partial charge in [-0.2, -0.15) is 0 Å². The standard InChI is InChI=1S/C12H17NO2S/c1-4-15-10(9-5-6-9)12-13-7(2)11(16-12)8(3)14/h9-10H,4-6H2,1-3H3. The molecule has 2 rings (SSSR count). The van der Waals surface area contributed by atoms with Crippen molar-refractivity contribution in [2.24, 2.45) is 5.92 Å². The van der Waals surface area contributed by atoms with Gasteiger partial charge in [-0.15, -0.1) is 11.3 Å². The first-order valence-electron chi connectivity index (χ1n) is 5.73. The molecule has 1 saturated carbocycles. The quantitative estimate of drug-likeness (QED) is 0.741. The van der Waals surface area contributed by atoms with Gasteiger partial charge in [-0.3, -0.25) is 4.79 Å². The molecule has 0 spiro atoms. The average molecular weight is 239 g/mol. The Labute approximate surface area is 99.8 Å². The van der Waals surface area contributed by atoms with E-state index in [9.17, 15) is 4.79 Å². The van der Waals surface area contributed by atoms with Gasteiger partial charge in [0.25, 0.3) is 0 Å². The second kappa shape index (κ2) is 4.63. The number of hydrogen-bond donors (Lipinski definition) is 0. The summed E-state index contributed by atoms with van der Waals surface area (Å²) in [5, 5.41) is 0.979. The molecule has 0 aliphatic heterocycles. The van der Waals surface area contributed by atoms with Gasteiger partial charge >= 0.3 is 0 Å². The number of nitrogens with zero attached hydrogens (tertiary/aromatic N) is 1. The normalized spacial score (nSPS) is 17.4. The molecule has 0 bridgehead atoms. The minimum Gasteiger partial charge on any atom is -0.371 e. The van der Waals surface area contributed by atoms with Crippen LogP contribution in [0, 0.1) is 12.8 Å². The lowest BCUT2D eigenvalue weighted by Crippen LogP contribution is -2.05. The van der Waals surface area contributed by atoms with Crippen LogP contribution in [0.5, 0.6) is 0 Å². The molecule has 1 aliphatic carbocycles. The van der Waals surface area contributed by atoms with Crippen molar-refractivity contribution in [3.8, 4) is 0 Å². The molecule has 1 heterocycles. The summed E-state index contributed by atoms with van der Waals surface area (Å²) in [5.41, 5.74) is 0.845. The van der Waals surface area contributed by atoms with E-state index in [0.29, 0.717) is 12.5 Å². The van der Waals surface area contributed by atoms with Crippen molar-refractivity contribution >= 4 is 17.1 Å². The van der Waals surface area contributed by atoms with E-state index in [1.165, 1.54) is 24.2 Å². The average Bonchev–Trinajstić information content (AvgIpc) is 2.98. The summed E-state index contributed by atoms with van der Waals surface area (Å²) in [6.07, 6.45) is 2.55. The molecular formula is C12H17NO2S. The van der Waals surface area contributed by atoms with Gasteiger partial charge in [-0.05, 0) is 32.6 Å². The highest BCUT2D eigenvalue weighted by Crippen LogP contribution is 2.44. The molecule has 1 aromatic rings. The summed E-state index contributed by atoms with van der Waals surface area (Å²) in [7, 11) is 0. The Morgan fingerprint density at radius 3 is 2.75 bits per heavy atom. The fourth-order valence-corrected chi connectivity index (χ4v) is 2.96. The largest absolute Gasteiger partial charge is 0.371 e. The molecule has 3 nitrogen and oxygen atoms in total. The Balaban J connectivity index is 2.23. The molecular weight excluding hydrogens is 222 g/mol. The first-order valence-corrected chi connectivity index (χ1v) is 6.55. The van der Waals surface area contributed by atoms with Gasteiger partial charge in [-0.1, -0.05) is 0 Å². The van der Waals surface area contributed by atoms with Gasteiger partial charge in [0, 0.05) is 13.5 Å². The molecule has 0 radical (unpaired) electrons. The zero-order valence-electron chi connectivity index (χ0n) is 9.95. The van der Waals surface area contributed by atoms with Crippen LogP contribution >= 0.6 is 11.3 Å². The van der Waals surface area contributed by atoms with Crippen LogP contribution in [-0.4, -0.2) is 17.4 Å². The van der Waals surface area contributed by atoms with E-state index in [-0.39, 0.29) is 11.9 Å². The van der Waals surface area contributed by atoms with E-state index < -0.39 is 0 Å². The lowest BCUT2D eigenvalue weighted by Gasteiger charge is -2.12. The third-order valence-corrected chi connectivity index (χ3v) is 4.09. The topological polar surface area (TPSA) is 39.2 Å². The number of carbonyl (C=O) groups excluding carboxylic acids is 1. The Hall–Kier alpha value is -0.740. The molecule has 16 heavy (non-hydrogen) atoms. The maximum Gasteiger partial charge on any atom is 0.171 e. The zero-order valence-corrected chi connectivity index (χ0v) is 10.8. The summed E-state index contributed by atoms with van der Waals surface area (Å²) < 4.78 is 5.74. The zero-order chi connectivity index (χ0) is 11.7. The smallest absolute Gasteiger partial charge is 0.171 e. The van der Waals surface area contributed by atoms with E-state index in [4.69, 9.17) is 4.74 Å². The third-order valence-electron chi connectivity index (χ3n) is 2.77. The third kappa shape index (κ3) is 2.33. The number of aryl methyl sites for hydroxylation is 1. The fourth-order valence-electron chi connectivity index (χ4n) is 1.85. The molecule has 88 valence electrons. The number of Topliss-reactive ketones (excluding diaryl/α,β-unsaturated/α-hetero) is 1. The van der Waals surface area contributed by atoms with E-state index in [1.54, 1.807) is 6.92 Å². The molecule has 1 fully saturated rings. The van der Waals surface area contributed by atoms with Gasteiger partial charge in [0.2, 0.25) is 0 Å². The first kappa shape index (κ1) is 11.7. The molecule has 4 heteroatoms. The van der Waals surface area contributed by atoms with Crippen molar-refractivity contribution in [3.05, 3.63) is 15.6 Å². The maximum absolute atomic E-state index is 11.4. The number of carbonyl (C=O) groups is 1. The summed E-state index contributed by atoms with van der Waals surface area (Å²) in [4.78, 5) is 16.6. The Kier molecular flexibility index (Phi) is 3.40. The van der Waals surface area contributed by atoms with E-state index in [1.807, 2.05) is 13.8 Å². The van der Waals surface area contributed by atoms with Crippen molar-refractivity contribution in [3.63, 3.8) is 0 Å². The van der Waals surface area contributed by atoms with Crippen LogP contribution < -0.4 is 0 Å². The minimum absolute atomic E-state index is 0.104. The highest BCUT2D eigenvalue weighted by molar-refractivity contribution is 7.13. The summed E-state index contributed by atoms with van der Waals surface area (Å²) in [6.45, 7) is 6.20. The van der Waals surface area contributed by atoms with Crippen LogP contribution in [0.25, 0.3) is 0 Å². The lowest BCUT2D eigenvalue weighted by atomic mass is 10.2. The summed E-state index contributed by atoms with van der Waals surface area (Å²) in [5.74, 6) is 0.720. The van der Waals surface area contributed by atoms with Crippen LogP contribution in [-0.2, 0) is 4.74 Å². The van der Waals surface area contributed by atoms with E-state index in [0.717, 1.165) is 15.6 Å². The molecule has 0 N–H and O–H groups in total. The molecule has 1 aliphatic rings. The van der Waals surface area contributed by atoms with Crippen LogP contribution in [0.1, 0.15) is 53.2 Å². The van der Waals surface area contributed by atoms with Crippen molar-refractivity contribution in [1.29, 1.82) is 0 Å². The van der Waals surface area contributed by atoms with E-state index in [2.05, 4.69) is 4.98 Å². The molecule has 0 saturated heterocycles. The molecule has 1 unspecified atom stereocenters. The number of ether oxygens (including phenoxy) is 1. The highest BCUT2D eigenvalue weighted by atomic mass is 32.1. The fraction of sp³-hybridized carbons (Fsp3) is 0.667. The Morgan fingerprint density at radius 1 is 1.62 bits per heavy atom. The number of aromatic nitrogens is 1. The predicted octanol–water partition coefficient (Wildman–Crippen LogP) is 3.14. The van der Waals surface area contributed by atoms with Crippen LogP contribution in [0.15, 0.2) is 0 Å². The van der Waals surface area contributed by atoms with Crippen molar-refractivity contribution in [1.82, 2.24) is 4.98 Å². The summed E-state index contributed by atoms with van der Waals surface area (Å²) >= 11 is 1.50. The Morgan fingerprint density at radius 2 is 2.31 bits per heavy atom. The van der Waals surface area contributed by atoms with Crippen LogP contribution in [0.2, 0.25) is 0 Å². The molecule has 1 aromatic heterocycles. The molecule has 1 atom stereocenters. The van der Waals surface area contributed by atoms with Gasteiger partial charge < -0.3 is 4.74 Å². The predicted molar refractivity (Wildman–Crippen MR) is 63.9 cm³/mol. The van der Waals surface area contributed by atoms with E-state index >= 15 is 0 Å². The number of thiazole rings is 1. The van der Waals surface area contributed by atoms with Crippen molar-refractivity contribution < 1.29 is 9.53 Å².